The number of aromatic hydroxyl groups is 1. The Labute approximate surface area is 102 Å². The molecule has 1 aliphatic heterocycles. The van der Waals surface area contributed by atoms with Gasteiger partial charge in [0.25, 0.3) is 0 Å². The van der Waals surface area contributed by atoms with Crippen LogP contribution in [0.5, 0.6) is 5.75 Å². The first kappa shape index (κ1) is 11.9. The average Bonchev–Trinajstić information content (AvgIpc) is 2.33. The van der Waals surface area contributed by atoms with E-state index in [0.717, 1.165) is 30.5 Å². The summed E-state index contributed by atoms with van der Waals surface area (Å²) in [6.07, 6.45) is 1.74. The molecule has 0 radical (unpaired) electrons. The van der Waals surface area contributed by atoms with Crippen molar-refractivity contribution in [1.29, 1.82) is 5.26 Å². The lowest BCUT2D eigenvalue weighted by Crippen LogP contribution is -2.33. The Morgan fingerprint density at radius 1 is 1.47 bits per heavy atom. The molecule has 0 bridgehead atoms. The average molecular weight is 230 g/mol. The number of nitrogens with zero attached hydrogens (tertiary/aromatic N) is 2. The standard InChI is InChI=1S/C14H18N2O/c1-10-3-4-14(17)12(7-10)13-8-11(9-15)5-6-16(13)2/h3-4,7,11,13,17H,5-6,8H2,1-2H3. The molecule has 1 fully saturated rings. The third-order valence-corrected chi connectivity index (χ3v) is 3.59. The van der Waals surface area contributed by atoms with Gasteiger partial charge in [0.1, 0.15) is 5.75 Å². The second-order valence-electron chi connectivity index (χ2n) is 4.91. The number of rotatable bonds is 1. The van der Waals surface area contributed by atoms with Crippen molar-refractivity contribution in [3.8, 4) is 11.8 Å². The lowest BCUT2D eigenvalue weighted by Gasteiger charge is -2.35. The smallest absolute Gasteiger partial charge is 0.120 e. The second kappa shape index (κ2) is 4.77. The van der Waals surface area contributed by atoms with E-state index in [2.05, 4.69) is 18.0 Å². The molecule has 2 rings (SSSR count). The van der Waals surface area contributed by atoms with Crippen LogP contribution in [0.2, 0.25) is 0 Å². The van der Waals surface area contributed by atoms with Crippen molar-refractivity contribution in [2.45, 2.75) is 25.8 Å². The fourth-order valence-corrected chi connectivity index (χ4v) is 2.51. The summed E-state index contributed by atoms with van der Waals surface area (Å²) >= 11 is 0. The maximum atomic E-state index is 9.95. The van der Waals surface area contributed by atoms with Crippen LogP contribution in [0.25, 0.3) is 0 Å². The molecule has 1 aromatic rings. The van der Waals surface area contributed by atoms with Crippen LogP contribution in [0.1, 0.15) is 30.0 Å². The van der Waals surface area contributed by atoms with Crippen molar-refractivity contribution < 1.29 is 5.11 Å². The Morgan fingerprint density at radius 2 is 2.24 bits per heavy atom. The monoisotopic (exact) mass is 230 g/mol. The lowest BCUT2D eigenvalue weighted by molar-refractivity contribution is 0.160. The number of benzene rings is 1. The number of phenolic OH excluding ortho intramolecular Hbond substituents is 1. The first-order chi connectivity index (χ1) is 8.11. The summed E-state index contributed by atoms with van der Waals surface area (Å²) in [5.41, 5.74) is 2.10. The maximum absolute atomic E-state index is 9.95. The SMILES string of the molecule is Cc1ccc(O)c(C2CC(C#N)CCN2C)c1. The maximum Gasteiger partial charge on any atom is 0.120 e. The summed E-state index contributed by atoms with van der Waals surface area (Å²) in [7, 11) is 2.06. The van der Waals surface area contributed by atoms with Gasteiger partial charge in [0.15, 0.2) is 0 Å². The number of piperidine rings is 1. The predicted molar refractivity (Wildman–Crippen MR) is 66.6 cm³/mol. The summed E-state index contributed by atoms with van der Waals surface area (Å²) in [5.74, 6) is 0.446. The minimum Gasteiger partial charge on any atom is -0.508 e. The molecule has 1 saturated heterocycles. The van der Waals surface area contributed by atoms with Gasteiger partial charge in [0, 0.05) is 17.5 Å². The van der Waals surface area contributed by atoms with Gasteiger partial charge >= 0.3 is 0 Å². The number of phenols is 1. The first-order valence-electron chi connectivity index (χ1n) is 6.01. The Hall–Kier alpha value is -1.53. The Morgan fingerprint density at radius 3 is 2.94 bits per heavy atom. The van der Waals surface area contributed by atoms with Crippen LogP contribution in [-0.4, -0.2) is 23.6 Å². The van der Waals surface area contributed by atoms with E-state index < -0.39 is 0 Å². The van der Waals surface area contributed by atoms with Crippen molar-refractivity contribution in [3.05, 3.63) is 29.3 Å². The van der Waals surface area contributed by atoms with E-state index in [-0.39, 0.29) is 12.0 Å². The van der Waals surface area contributed by atoms with Crippen LogP contribution < -0.4 is 0 Å². The van der Waals surface area contributed by atoms with Gasteiger partial charge in [0.2, 0.25) is 0 Å². The lowest BCUT2D eigenvalue weighted by atomic mass is 9.87. The number of hydrogen-bond acceptors (Lipinski definition) is 3. The molecule has 1 aliphatic rings. The van der Waals surface area contributed by atoms with Crippen LogP contribution in [0.4, 0.5) is 0 Å². The van der Waals surface area contributed by atoms with Crippen LogP contribution in [0.15, 0.2) is 18.2 Å². The zero-order valence-corrected chi connectivity index (χ0v) is 10.3. The molecule has 2 unspecified atom stereocenters. The van der Waals surface area contributed by atoms with Crippen molar-refractivity contribution in [1.82, 2.24) is 4.90 Å². The third kappa shape index (κ3) is 2.42. The highest BCUT2D eigenvalue weighted by atomic mass is 16.3. The van der Waals surface area contributed by atoms with Crippen molar-refractivity contribution in [2.75, 3.05) is 13.6 Å². The molecule has 1 N–H and O–H groups in total. The van der Waals surface area contributed by atoms with Gasteiger partial charge in [-0.2, -0.15) is 5.26 Å². The topological polar surface area (TPSA) is 47.3 Å². The van der Waals surface area contributed by atoms with E-state index in [1.807, 2.05) is 19.1 Å². The Bertz CT molecular complexity index is 450. The molecular weight excluding hydrogens is 212 g/mol. The normalized spacial score (nSPS) is 25.5. The Kier molecular flexibility index (Phi) is 3.35. The van der Waals surface area contributed by atoms with E-state index in [9.17, 15) is 5.11 Å². The van der Waals surface area contributed by atoms with Crippen LogP contribution in [0.3, 0.4) is 0 Å². The molecule has 0 saturated carbocycles. The minimum atomic E-state index is 0.108. The van der Waals surface area contributed by atoms with E-state index in [4.69, 9.17) is 5.26 Å². The highest BCUT2D eigenvalue weighted by Crippen LogP contribution is 2.37. The van der Waals surface area contributed by atoms with Gasteiger partial charge in [-0.05, 0) is 39.4 Å². The molecule has 0 aromatic heterocycles. The van der Waals surface area contributed by atoms with Gasteiger partial charge in [-0.25, -0.2) is 0 Å². The molecule has 0 spiro atoms. The third-order valence-electron chi connectivity index (χ3n) is 3.59. The highest BCUT2D eigenvalue weighted by molar-refractivity contribution is 5.38. The van der Waals surface area contributed by atoms with Gasteiger partial charge in [-0.1, -0.05) is 17.7 Å². The molecule has 17 heavy (non-hydrogen) atoms. The van der Waals surface area contributed by atoms with Crippen molar-refractivity contribution >= 4 is 0 Å². The second-order valence-corrected chi connectivity index (χ2v) is 4.91. The fraction of sp³-hybridized carbons (Fsp3) is 0.500. The van der Waals surface area contributed by atoms with Crippen LogP contribution in [0, 0.1) is 24.2 Å². The van der Waals surface area contributed by atoms with Crippen LogP contribution in [-0.2, 0) is 0 Å². The van der Waals surface area contributed by atoms with Crippen molar-refractivity contribution in [3.63, 3.8) is 0 Å². The summed E-state index contributed by atoms with van der Waals surface area (Å²) in [6, 6.07) is 8.19. The number of likely N-dealkylation sites (tertiary alicyclic amines) is 1. The Balaban J connectivity index is 2.31. The molecule has 90 valence electrons. The quantitative estimate of drug-likeness (QED) is 0.806. The predicted octanol–water partition coefficient (Wildman–Crippen LogP) is 2.61. The molecule has 3 nitrogen and oxygen atoms in total. The summed E-state index contributed by atoms with van der Waals surface area (Å²) in [5, 5.41) is 19.0. The molecule has 2 atom stereocenters. The molecule has 0 aliphatic carbocycles. The van der Waals surface area contributed by atoms with Gasteiger partial charge in [-0.15, -0.1) is 0 Å². The van der Waals surface area contributed by atoms with Crippen LogP contribution >= 0.6 is 0 Å². The zero-order valence-electron chi connectivity index (χ0n) is 10.3. The molecule has 0 amide bonds. The van der Waals surface area contributed by atoms with E-state index in [1.165, 1.54) is 0 Å². The molecular formula is C14H18N2O. The molecule has 1 heterocycles. The summed E-state index contributed by atoms with van der Waals surface area (Å²) < 4.78 is 0. The molecule has 3 heteroatoms. The van der Waals surface area contributed by atoms with E-state index in [0.29, 0.717) is 5.75 Å². The first-order valence-corrected chi connectivity index (χ1v) is 6.01. The zero-order chi connectivity index (χ0) is 12.4. The van der Waals surface area contributed by atoms with Gasteiger partial charge in [-0.3, -0.25) is 4.90 Å². The number of aryl methyl sites for hydroxylation is 1. The summed E-state index contributed by atoms with van der Waals surface area (Å²) in [4.78, 5) is 2.22. The number of hydrogen-bond donors (Lipinski definition) is 1. The van der Waals surface area contributed by atoms with Gasteiger partial charge in [0.05, 0.1) is 6.07 Å². The van der Waals surface area contributed by atoms with Crippen molar-refractivity contribution in [2.24, 2.45) is 5.92 Å². The highest BCUT2D eigenvalue weighted by Gasteiger charge is 2.28. The summed E-state index contributed by atoms with van der Waals surface area (Å²) in [6.45, 7) is 2.93. The van der Waals surface area contributed by atoms with E-state index in [1.54, 1.807) is 6.07 Å². The fourth-order valence-electron chi connectivity index (χ4n) is 2.51. The number of nitriles is 1. The van der Waals surface area contributed by atoms with Gasteiger partial charge < -0.3 is 5.11 Å². The molecule has 1 aromatic carbocycles. The minimum absolute atomic E-state index is 0.108. The van der Waals surface area contributed by atoms with E-state index >= 15 is 0 Å². The largest absolute Gasteiger partial charge is 0.508 e.